The third-order valence-electron chi connectivity index (χ3n) is 6.80. The fraction of sp³-hybridized carbons (Fsp3) is 0.481. The molecule has 176 valence electrons. The Labute approximate surface area is 195 Å². The number of aryl methyl sites for hydroxylation is 1. The van der Waals surface area contributed by atoms with Crippen LogP contribution < -0.4 is 5.32 Å². The first-order chi connectivity index (χ1) is 16.1. The molecule has 0 bridgehead atoms. The molecule has 0 spiro atoms. The third kappa shape index (κ3) is 6.42. The van der Waals surface area contributed by atoms with Crippen LogP contribution in [0, 0.1) is 5.92 Å². The normalized spacial score (nSPS) is 20.5. The lowest BCUT2D eigenvalue weighted by Crippen LogP contribution is -2.53. The van der Waals surface area contributed by atoms with E-state index >= 15 is 0 Å². The number of carbonyl (C=O) groups is 2. The van der Waals surface area contributed by atoms with Gasteiger partial charge in [0.05, 0.1) is 12.6 Å². The monoisotopic (exact) mass is 450 g/mol. The molecule has 1 aliphatic carbocycles. The van der Waals surface area contributed by atoms with Crippen LogP contribution in [0.2, 0.25) is 0 Å². The molecule has 1 heterocycles. The predicted octanol–water partition coefficient (Wildman–Crippen LogP) is 4.10. The van der Waals surface area contributed by atoms with E-state index in [1.54, 1.807) is 12.1 Å². The van der Waals surface area contributed by atoms with Crippen LogP contribution in [0.4, 0.5) is 5.69 Å². The van der Waals surface area contributed by atoms with Crippen molar-refractivity contribution in [2.24, 2.45) is 5.92 Å². The van der Waals surface area contributed by atoms with Crippen molar-refractivity contribution in [3.63, 3.8) is 0 Å². The number of aliphatic hydroxyl groups excluding tert-OH is 1. The van der Waals surface area contributed by atoms with Crippen molar-refractivity contribution in [2.75, 3.05) is 25.1 Å². The maximum absolute atomic E-state index is 12.6. The second kappa shape index (κ2) is 11.4. The highest BCUT2D eigenvalue weighted by atomic mass is 16.5. The lowest BCUT2D eigenvalue weighted by molar-refractivity contribution is -0.155. The number of hydrogen-bond donors (Lipinski definition) is 2. The summed E-state index contributed by atoms with van der Waals surface area (Å²) < 4.78 is 5.49. The summed E-state index contributed by atoms with van der Waals surface area (Å²) in [5.41, 5.74) is 2.54. The molecule has 0 radical (unpaired) electrons. The minimum absolute atomic E-state index is 0.0434. The van der Waals surface area contributed by atoms with Crippen molar-refractivity contribution in [1.82, 2.24) is 4.90 Å². The number of benzene rings is 2. The number of carbonyl (C=O) groups excluding carboxylic acids is 2. The van der Waals surface area contributed by atoms with E-state index in [9.17, 15) is 14.7 Å². The number of ether oxygens (including phenoxy) is 1. The second-order valence-electron chi connectivity index (χ2n) is 9.23. The number of morpholine rings is 1. The summed E-state index contributed by atoms with van der Waals surface area (Å²) in [7, 11) is 0. The van der Waals surface area contributed by atoms with Crippen molar-refractivity contribution >= 4 is 17.5 Å². The van der Waals surface area contributed by atoms with Crippen LogP contribution >= 0.6 is 0 Å². The van der Waals surface area contributed by atoms with E-state index in [2.05, 4.69) is 5.32 Å². The zero-order valence-corrected chi connectivity index (χ0v) is 19.1. The minimum atomic E-state index is -0.833. The number of rotatable bonds is 8. The SMILES string of the molecule is O=C(CCc1ccccc1)Nc1ccc(C(O)C2COCC(=O)N2CC2CCCCC2)cc1. The molecular formula is C27H34N2O4. The molecule has 4 rings (SSSR count). The van der Waals surface area contributed by atoms with Gasteiger partial charge in [-0.1, -0.05) is 61.7 Å². The first-order valence-electron chi connectivity index (χ1n) is 12.1. The van der Waals surface area contributed by atoms with E-state index in [1.807, 2.05) is 47.4 Å². The Kier molecular flexibility index (Phi) is 8.13. The Morgan fingerprint density at radius 1 is 1.06 bits per heavy atom. The molecule has 1 saturated heterocycles. The molecule has 2 unspecified atom stereocenters. The first-order valence-corrected chi connectivity index (χ1v) is 12.1. The second-order valence-corrected chi connectivity index (χ2v) is 9.23. The molecule has 6 nitrogen and oxygen atoms in total. The van der Waals surface area contributed by atoms with Crippen molar-refractivity contribution < 1.29 is 19.4 Å². The number of nitrogens with zero attached hydrogens (tertiary/aromatic N) is 1. The van der Waals surface area contributed by atoms with Crippen molar-refractivity contribution in [3.05, 3.63) is 65.7 Å². The zero-order chi connectivity index (χ0) is 23.0. The largest absolute Gasteiger partial charge is 0.386 e. The molecule has 2 fully saturated rings. The standard InChI is InChI=1S/C27H34N2O4/c30-25(16-11-20-7-3-1-4-8-20)28-23-14-12-22(13-15-23)27(32)24-18-33-19-26(31)29(24)17-21-9-5-2-6-10-21/h1,3-4,7-8,12-15,21,24,27,32H,2,5-6,9-11,16-19H2,(H,28,30). The van der Waals surface area contributed by atoms with Gasteiger partial charge in [0.1, 0.15) is 12.7 Å². The average Bonchev–Trinajstić information content (AvgIpc) is 2.85. The maximum Gasteiger partial charge on any atom is 0.249 e. The summed E-state index contributed by atoms with van der Waals surface area (Å²) in [6.45, 7) is 1.11. The summed E-state index contributed by atoms with van der Waals surface area (Å²) >= 11 is 0. The Bertz CT molecular complexity index is 909. The van der Waals surface area contributed by atoms with Gasteiger partial charge in [0.25, 0.3) is 0 Å². The average molecular weight is 451 g/mol. The Morgan fingerprint density at radius 3 is 2.52 bits per heavy atom. The van der Waals surface area contributed by atoms with E-state index in [4.69, 9.17) is 4.74 Å². The number of amides is 2. The molecule has 6 heteroatoms. The molecular weight excluding hydrogens is 416 g/mol. The Morgan fingerprint density at radius 2 is 1.79 bits per heavy atom. The van der Waals surface area contributed by atoms with Gasteiger partial charge in [0.15, 0.2) is 0 Å². The minimum Gasteiger partial charge on any atom is -0.386 e. The van der Waals surface area contributed by atoms with Gasteiger partial charge in [-0.2, -0.15) is 0 Å². The summed E-state index contributed by atoms with van der Waals surface area (Å²) in [6.07, 6.45) is 6.26. The van der Waals surface area contributed by atoms with Gasteiger partial charge in [0, 0.05) is 18.7 Å². The van der Waals surface area contributed by atoms with Crippen molar-refractivity contribution in [2.45, 2.75) is 57.1 Å². The molecule has 2 aromatic carbocycles. The number of aliphatic hydroxyl groups is 1. The molecule has 0 aromatic heterocycles. The van der Waals surface area contributed by atoms with E-state index in [0.717, 1.165) is 18.4 Å². The summed E-state index contributed by atoms with van der Waals surface area (Å²) in [5, 5.41) is 14.0. The lowest BCUT2D eigenvalue weighted by Gasteiger charge is -2.40. The summed E-state index contributed by atoms with van der Waals surface area (Å²) in [6, 6.07) is 16.8. The molecule has 1 saturated carbocycles. The smallest absolute Gasteiger partial charge is 0.249 e. The van der Waals surface area contributed by atoms with Crippen molar-refractivity contribution in [1.29, 1.82) is 0 Å². The molecule has 2 N–H and O–H groups in total. The summed E-state index contributed by atoms with van der Waals surface area (Å²) in [4.78, 5) is 26.7. The highest BCUT2D eigenvalue weighted by Gasteiger charge is 2.36. The van der Waals surface area contributed by atoms with Gasteiger partial charge in [-0.3, -0.25) is 9.59 Å². The lowest BCUT2D eigenvalue weighted by atomic mass is 9.88. The topological polar surface area (TPSA) is 78.9 Å². The Balaban J connectivity index is 1.34. The number of anilines is 1. The van der Waals surface area contributed by atoms with Crippen LogP contribution in [-0.2, 0) is 20.7 Å². The molecule has 2 amide bonds. The molecule has 33 heavy (non-hydrogen) atoms. The van der Waals surface area contributed by atoms with Gasteiger partial charge in [0.2, 0.25) is 11.8 Å². The van der Waals surface area contributed by atoms with Gasteiger partial charge >= 0.3 is 0 Å². The number of nitrogens with one attached hydrogen (secondary N) is 1. The van der Waals surface area contributed by atoms with Crippen LogP contribution in [0.1, 0.15) is 55.8 Å². The highest BCUT2D eigenvalue weighted by Crippen LogP contribution is 2.30. The number of hydrogen-bond acceptors (Lipinski definition) is 4. The van der Waals surface area contributed by atoms with Crippen LogP contribution in [0.3, 0.4) is 0 Å². The molecule has 2 atom stereocenters. The van der Waals surface area contributed by atoms with Crippen LogP contribution in [0.25, 0.3) is 0 Å². The van der Waals surface area contributed by atoms with E-state index in [-0.39, 0.29) is 24.5 Å². The van der Waals surface area contributed by atoms with E-state index < -0.39 is 6.10 Å². The van der Waals surface area contributed by atoms with Gasteiger partial charge < -0.3 is 20.1 Å². The maximum atomic E-state index is 12.6. The van der Waals surface area contributed by atoms with Crippen LogP contribution in [0.5, 0.6) is 0 Å². The van der Waals surface area contributed by atoms with Crippen molar-refractivity contribution in [3.8, 4) is 0 Å². The molecule has 1 aliphatic heterocycles. The zero-order valence-electron chi connectivity index (χ0n) is 19.1. The van der Waals surface area contributed by atoms with Gasteiger partial charge in [-0.15, -0.1) is 0 Å². The van der Waals surface area contributed by atoms with E-state index in [0.29, 0.717) is 43.2 Å². The first kappa shape index (κ1) is 23.5. The van der Waals surface area contributed by atoms with E-state index in [1.165, 1.54) is 19.3 Å². The van der Waals surface area contributed by atoms with Crippen LogP contribution in [0.15, 0.2) is 54.6 Å². The highest BCUT2D eigenvalue weighted by molar-refractivity contribution is 5.90. The predicted molar refractivity (Wildman–Crippen MR) is 128 cm³/mol. The van der Waals surface area contributed by atoms with Gasteiger partial charge in [-0.05, 0) is 48.4 Å². The summed E-state index contributed by atoms with van der Waals surface area (Å²) in [5.74, 6) is 0.416. The van der Waals surface area contributed by atoms with Crippen LogP contribution in [-0.4, -0.2) is 47.6 Å². The molecule has 2 aliphatic rings. The van der Waals surface area contributed by atoms with Gasteiger partial charge in [-0.25, -0.2) is 0 Å². The third-order valence-corrected chi connectivity index (χ3v) is 6.80. The molecule has 2 aromatic rings. The quantitative estimate of drug-likeness (QED) is 0.635. The Hall–Kier alpha value is -2.70. The fourth-order valence-corrected chi connectivity index (χ4v) is 4.88. The fourth-order valence-electron chi connectivity index (χ4n) is 4.88.